The second kappa shape index (κ2) is 8.12. The van der Waals surface area contributed by atoms with Gasteiger partial charge in [0.15, 0.2) is 17.1 Å². The van der Waals surface area contributed by atoms with Gasteiger partial charge in [-0.3, -0.25) is 19.3 Å². The molecule has 0 saturated carbocycles. The van der Waals surface area contributed by atoms with E-state index in [9.17, 15) is 9.59 Å². The molecule has 0 aliphatic carbocycles. The fourth-order valence-corrected chi connectivity index (χ4v) is 4.27. The third-order valence-electron chi connectivity index (χ3n) is 5.44. The molecular formula is C23H18N6O4S. The number of hydrogen-bond donors (Lipinski definition) is 3. The first-order valence-electron chi connectivity index (χ1n) is 10.1. The number of rotatable bonds is 4. The van der Waals surface area contributed by atoms with Gasteiger partial charge in [0, 0.05) is 11.3 Å². The lowest BCUT2D eigenvalue weighted by molar-refractivity contribution is 0.355. The molecule has 170 valence electrons. The molecule has 0 fully saturated rings. The molecule has 34 heavy (non-hydrogen) atoms. The highest BCUT2D eigenvalue weighted by Gasteiger charge is 2.21. The molecule has 0 aliphatic rings. The van der Waals surface area contributed by atoms with Gasteiger partial charge in [-0.2, -0.15) is 4.98 Å². The van der Waals surface area contributed by atoms with E-state index in [1.54, 1.807) is 22.8 Å². The van der Waals surface area contributed by atoms with Crippen LogP contribution in [0.3, 0.4) is 0 Å². The van der Waals surface area contributed by atoms with Crippen LogP contribution in [-0.2, 0) is 0 Å². The van der Waals surface area contributed by atoms with Crippen LogP contribution in [0.2, 0.25) is 0 Å². The van der Waals surface area contributed by atoms with Crippen molar-refractivity contribution in [2.45, 2.75) is 0 Å². The number of methoxy groups -OCH3 is 2. The van der Waals surface area contributed by atoms with Crippen molar-refractivity contribution in [1.82, 2.24) is 24.5 Å². The van der Waals surface area contributed by atoms with Crippen LogP contribution in [-0.4, -0.2) is 38.7 Å². The first kappa shape index (κ1) is 21.3. The summed E-state index contributed by atoms with van der Waals surface area (Å²) >= 11 is 5.51. The highest BCUT2D eigenvalue weighted by Crippen LogP contribution is 2.39. The van der Waals surface area contributed by atoms with Crippen LogP contribution in [0.4, 0.5) is 5.82 Å². The highest BCUT2D eigenvalue weighted by atomic mass is 32.1. The van der Waals surface area contributed by atoms with Gasteiger partial charge in [-0.15, -0.1) is 0 Å². The van der Waals surface area contributed by atoms with Crippen molar-refractivity contribution < 1.29 is 9.47 Å². The molecule has 0 bridgehead atoms. The molecule has 0 amide bonds. The molecule has 0 aliphatic heterocycles. The quantitative estimate of drug-likeness (QED) is 0.267. The summed E-state index contributed by atoms with van der Waals surface area (Å²) in [7, 11) is 3.04. The molecule has 2 aromatic carbocycles. The number of hydrogen-bond acceptors (Lipinski definition) is 8. The normalized spacial score (nSPS) is 11.1. The molecule has 3 heterocycles. The number of para-hydroxylation sites is 1. The van der Waals surface area contributed by atoms with Gasteiger partial charge in [0.05, 0.1) is 25.0 Å². The number of aromatic amines is 2. The molecule has 0 unspecified atom stereocenters. The van der Waals surface area contributed by atoms with E-state index in [4.69, 9.17) is 27.4 Å². The minimum atomic E-state index is -0.690. The van der Waals surface area contributed by atoms with E-state index in [1.807, 2.05) is 30.3 Å². The molecule has 3 aromatic heterocycles. The Morgan fingerprint density at radius 3 is 2.38 bits per heavy atom. The molecule has 0 radical (unpaired) electrons. The van der Waals surface area contributed by atoms with Crippen LogP contribution in [0, 0.1) is 4.77 Å². The molecule has 0 saturated heterocycles. The van der Waals surface area contributed by atoms with Gasteiger partial charge in [-0.1, -0.05) is 24.3 Å². The Labute approximate surface area is 196 Å². The third-order valence-corrected chi connectivity index (χ3v) is 5.71. The van der Waals surface area contributed by atoms with Crippen molar-refractivity contribution in [3.05, 3.63) is 74.1 Å². The Balaban J connectivity index is 2.02. The van der Waals surface area contributed by atoms with Crippen molar-refractivity contribution in [1.29, 1.82) is 0 Å². The molecule has 11 heteroatoms. The summed E-state index contributed by atoms with van der Waals surface area (Å²) in [6, 6.07) is 14.4. The number of nitrogen functional groups attached to an aromatic ring is 1. The summed E-state index contributed by atoms with van der Waals surface area (Å²) in [5.74, 6) is 1.20. The van der Waals surface area contributed by atoms with Crippen molar-refractivity contribution in [2.75, 3.05) is 20.0 Å². The first-order chi connectivity index (χ1) is 16.4. The second-order valence-corrected chi connectivity index (χ2v) is 7.70. The predicted octanol–water partition coefficient (Wildman–Crippen LogP) is 2.95. The SMILES string of the molecule is COc1ccc(-c2c3c(N)n(-c4ccccc4)c(=S)nc3nc3[nH]c(=O)[nH]c(=O)c23)cc1OC. The lowest BCUT2D eigenvalue weighted by atomic mass is 9.98. The number of benzene rings is 2. The molecule has 0 spiro atoms. The minimum absolute atomic E-state index is 0.0600. The van der Waals surface area contributed by atoms with Gasteiger partial charge in [0.1, 0.15) is 11.5 Å². The fraction of sp³-hybridized carbons (Fsp3) is 0.0870. The van der Waals surface area contributed by atoms with E-state index >= 15 is 0 Å². The van der Waals surface area contributed by atoms with Crippen molar-refractivity contribution in [2.24, 2.45) is 0 Å². The van der Waals surface area contributed by atoms with Gasteiger partial charge >= 0.3 is 5.69 Å². The Kier molecular flexibility index (Phi) is 5.10. The van der Waals surface area contributed by atoms with Gasteiger partial charge in [-0.05, 0) is 42.0 Å². The monoisotopic (exact) mass is 474 g/mol. The number of nitrogens with one attached hydrogen (secondary N) is 2. The smallest absolute Gasteiger partial charge is 0.327 e. The summed E-state index contributed by atoms with van der Waals surface area (Å²) in [6.45, 7) is 0. The zero-order chi connectivity index (χ0) is 24.0. The summed E-state index contributed by atoms with van der Waals surface area (Å²) in [5.41, 5.74) is 7.31. The summed E-state index contributed by atoms with van der Waals surface area (Å²) in [6.07, 6.45) is 0. The number of nitrogens with zero attached hydrogens (tertiary/aromatic N) is 3. The van der Waals surface area contributed by atoms with Crippen LogP contribution in [0.25, 0.3) is 38.9 Å². The number of ether oxygens (including phenoxy) is 2. The summed E-state index contributed by atoms with van der Waals surface area (Å²) < 4.78 is 12.6. The van der Waals surface area contributed by atoms with E-state index < -0.39 is 11.2 Å². The molecule has 5 aromatic rings. The molecule has 10 nitrogen and oxygen atoms in total. The van der Waals surface area contributed by atoms with Gasteiger partial charge in [0.25, 0.3) is 5.56 Å². The van der Waals surface area contributed by atoms with Crippen molar-refractivity contribution in [3.8, 4) is 28.3 Å². The standard InChI is InChI=1S/C23H18N6O4S/c1-32-13-9-8-11(10-14(13)33-2)15-16-18(24)29(12-6-4-3-5-7-12)23(34)27-19(16)25-20-17(15)21(30)28-22(31)26-20/h3-10H,24H2,1-2H3,(H2,25,26,27,28,30,31,34). The third kappa shape index (κ3) is 3.30. The Morgan fingerprint density at radius 2 is 1.68 bits per heavy atom. The number of pyridine rings is 1. The molecule has 0 atom stereocenters. The Bertz CT molecular complexity index is 1760. The minimum Gasteiger partial charge on any atom is -0.493 e. The van der Waals surface area contributed by atoms with Crippen LogP contribution in [0.1, 0.15) is 0 Å². The average molecular weight is 475 g/mol. The van der Waals surface area contributed by atoms with Gasteiger partial charge in [-0.25, -0.2) is 9.78 Å². The van der Waals surface area contributed by atoms with E-state index in [0.717, 1.165) is 0 Å². The fourth-order valence-electron chi connectivity index (χ4n) is 3.97. The number of anilines is 1. The van der Waals surface area contributed by atoms with Crippen LogP contribution in [0.5, 0.6) is 11.5 Å². The molecule has 4 N–H and O–H groups in total. The number of fused-ring (bicyclic) bond motifs is 2. The van der Waals surface area contributed by atoms with Crippen molar-refractivity contribution in [3.63, 3.8) is 0 Å². The Hall–Kier alpha value is -4.51. The lowest BCUT2D eigenvalue weighted by Gasteiger charge is -2.17. The lowest BCUT2D eigenvalue weighted by Crippen LogP contribution is -2.23. The van der Waals surface area contributed by atoms with E-state index in [0.29, 0.717) is 33.7 Å². The first-order valence-corrected chi connectivity index (χ1v) is 10.5. The average Bonchev–Trinajstić information content (AvgIpc) is 2.82. The maximum Gasteiger partial charge on any atom is 0.327 e. The maximum atomic E-state index is 13.0. The van der Waals surface area contributed by atoms with E-state index in [2.05, 4.69) is 19.9 Å². The largest absolute Gasteiger partial charge is 0.493 e. The number of H-pyrrole nitrogens is 2. The van der Waals surface area contributed by atoms with E-state index in [1.165, 1.54) is 14.2 Å². The highest BCUT2D eigenvalue weighted by molar-refractivity contribution is 7.71. The van der Waals surface area contributed by atoms with Crippen molar-refractivity contribution >= 4 is 40.1 Å². The summed E-state index contributed by atoms with van der Waals surface area (Å²) in [4.78, 5) is 38.7. The number of nitrogens with two attached hydrogens (primary N) is 1. The van der Waals surface area contributed by atoms with Crippen LogP contribution >= 0.6 is 12.2 Å². The summed E-state index contributed by atoms with van der Waals surface area (Å²) in [5, 5.41) is 0.541. The molecule has 5 rings (SSSR count). The maximum absolute atomic E-state index is 13.0. The van der Waals surface area contributed by atoms with Crippen LogP contribution < -0.4 is 26.5 Å². The zero-order valence-corrected chi connectivity index (χ0v) is 18.9. The molecular weight excluding hydrogens is 456 g/mol. The van der Waals surface area contributed by atoms with Gasteiger partial charge in [0.2, 0.25) is 4.77 Å². The van der Waals surface area contributed by atoms with Crippen LogP contribution in [0.15, 0.2) is 58.1 Å². The zero-order valence-electron chi connectivity index (χ0n) is 18.1. The van der Waals surface area contributed by atoms with E-state index in [-0.39, 0.29) is 27.3 Å². The van der Waals surface area contributed by atoms with Gasteiger partial charge < -0.3 is 15.2 Å². The topological polar surface area (TPSA) is 141 Å². The second-order valence-electron chi connectivity index (χ2n) is 7.34. The Morgan fingerprint density at radius 1 is 0.941 bits per heavy atom. The predicted molar refractivity (Wildman–Crippen MR) is 131 cm³/mol. The number of aromatic nitrogens is 5.